The van der Waals surface area contributed by atoms with Gasteiger partial charge >= 0.3 is 0 Å². The van der Waals surface area contributed by atoms with Crippen molar-refractivity contribution in [3.8, 4) is 11.5 Å². The lowest BCUT2D eigenvalue weighted by Gasteiger charge is -2.07. The van der Waals surface area contributed by atoms with Gasteiger partial charge in [0.15, 0.2) is 0 Å². The van der Waals surface area contributed by atoms with E-state index in [-0.39, 0.29) is 5.91 Å². The Morgan fingerprint density at radius 3 is 2.54 bits per heavy atom. The van der Waals surface area contributed by atoms with Gasteiger partial charge in [-0.25, -0.2) is 5.43 Å². The van der Waals surface area contributed by atoms with Gasteiger partial charge in [-0.15, -0.1) is 0 Å². The van der Waals surface area contributed by atoms with E-state index >= 15 is 0 Å². The van der Waals surface area contributed by atoms with Crippen molar-refractivity contribution in [2.75, 3.05) is 13.2 Å². The first-order valence-electron chi connectivity index (χ1n) is 9.21. The van der Waals surface area contributed by atoms with Crippen molar-refractivity contribution in [1.29, 1.82) is 0 Å². The topological polar surface area (TPSA) is 59.9 Å². The summed E-state index contributed by atoms with van der Waals surface area (Å²) < 4.78 is 11.1. The molecule has 0 saturated heterocycles. The predicted molar refractivity (Wildman–Crippen MR) is 114 cm³/mol. The van der Waals surface area contributed by atoms with Crippen molar-refractivity contribution >= 4 is 35.3 Å². The molecule has 0 aliphatic carbocycles. The molecular formula is C21H24Cl2N2O3. The highest BCUT2D eigenvalue weighted by atomic mass is 35.5. The fourth-order valence-corrected chi connectivity index (χ4v) is 2.69. The van der Waals surface area contributed by atoms with Crippen molar-refractivity contribution in [1.82, 2.24) is 5.43 Å². The molecule has 0 spiro atoms. The van der Waals surface area contributed by atoms with Gasteiger partial charge in [-0.1, -0.05) is 36.5 Å². The predicted octanol–water partition coefficient (Wildman–Crippen LogP) is 5.48. The number of nitrogens with one attached hydrogen (secondary N) is 1. The van der Waals surface area contributed by atoms with Crippen LogP contribution in [0.15, 0.2) is 47.6 Å². The molecule has 1 N–H and O–H groups in total. The zero-order valence-electron chi connectivity index (χ0n) is 15.8. The Morgan fingerprint density at radius 1 is 1.07 bits per heavy atom. The van der Waals surface area contributed by atoms with Gasteiger partial charge in [-0.2, -0.15) is 5.10 Å². The van der Waals surface area contributed by atoms with Crippen molar-refractivity contribution in [3.63, 3.8) is 0 Å². The number of benzene rings is 2. The zero-order valence-corrected chi connectivity index (χ0v) is 17.3. The third-order valence-corrected chi connectivity index (χ3v) is 4.28. The van der Waals surface area contributed by atoms with Gasteiger partial charge < -0.3 is 9.47 Å². The lowest BCUT2D eigenvalue weighted by molar-refractivity contribution is -0.121. The second kappa shape index (κ2) is 12.3. The zero-order chi connectivity index (χ0) is 20.2. The van der Waals surface area contributed by atoms with Crippen LogP contribution in [0.2, 0.25) is 10.0 Å². The molecule has 0 heterocycles. The molecule has 0 aliphatic heterocycles. The highest BCUT2D eigenvalue weighted by Gasteiger charge is 2.04. The standard InChI is InChI=1S/C21H24Cl2N2O3/c1-2-3-12-27-18-9-6-16(7-10-18)15-24-25-21(26)5-4-13-28-20-11-8-17(22)14-19(20)23/h6-11,14-15H,2-5,12-13H2,1H3,(H,25,26). The molecule has 0 aromatic heterocycles. The summed E-state index contributed by atoms with van der Waals surface area (Å²) in [5, 5.41) is 4.96. The summed E-state index contributed by atoms with van der Waals surface area (Å²) in [6, 6.07) is 12.6. The average molecular weight is 423 g/mol. The van der Waals surface area contributed by atoms with Crippen molar-refractivity contribution in [2.24, 2.45) is 5.10 Å². The average Bonchev–Trinajstić information content (AvgIpc) is 2.68. The molecular weight excluding hydrogens is 399 g/mol. The molecule has 0 atom stereocenters. The molecule has 2 rings (SSSR count). The van der Waals surface area contributed by atoms with Gasteiger partial charge in [0.05, 0.1) is 24.5 Å². The third kappa shape index (κ3) is 8.19. The summed E-state index contributed by atoms with van der Waals surface area (Å²) >= 11 is 11.9. The summed E-state index contributed by atoms with van der Waals surface area (Å²) in [5.74, 6) is 1.20. The molecule has 150 valence electrons. The number of unbranched alkanes of at least 4 members (excludes halogenated alkanes) is 1. The summed E-state index contributed by atoms with van der Waals surface area (Å²) in [5.41, 5.74) is 3.38. The van der Waals surface area contributed by atoms with E-state index in [0.717, 1.165) is 24.2 Å². The molecule has 0 fully saturated rings. The number of hydrogen-bond donors (Lipinski definition) is 1. The van der Waals surface area contributed by atoms with E-state index in [2.05, 4.69) is 17.5 Å². The highest BCUT2D eigenvalue weighted by Crippen LogP contribution is 2.27. The molecule has 0 aliphatic rings. The minimum atomic E-state index is -0.179. The summed E-state index contributed by atoms with van der Waals surface area (Å²) in [4.78, 5) is 11.8. The fraction of sp³-hybridized carbons (Fsp3) is 0.333. The van der Waals surface area contributed by atoms with E-state index in [4.69, 9.17) is 32.7 Å². The van der Waals surface area contributed by atoms with Crippen LogP contribution in [0.4, 0.5) is 0 Å². The Balaban J connectivity index is 1.64. The molecule has 0 saturated carbocycles. The Kier molecular flexibility index (Phi) is 9.66. The Morgan fingerprint density at radius 2 is 1.82 bits per heavy atom. The molecule has 7 heteroatoms. The van der Waals surface area contributed by atoms with Crippen LogP contribution in [0, 0.1) is 0 Å². The largest absolute Gasteiger partial charge is 0.494 e. The second-order valence-electron chi connectivity index (χ2n) is 6.09. The van der Waals surface area contributed by atoms with Crippen molar-refractivity contribution in [2.45, 2.75) is 32.6 Å². The van der Waals surface area contributed by atoms with Gasteiger partial charge in [0, 0.05) is 11.4 Å². The Hall–Kier alpha value is -2.24. The van der Waals surface area contributed by atoms with Gasteiger partial charge in [0.2, 0.25) is 5.91 Å². The fourth-order valence-electron chi connectivity index (χ4n) is 2.23. The van der Waals surface area contributed by atoms with Crippen LogP contribution in [0.1, 0.15) is 38.2 Å². The molecule has 1 amide bonds. The maximum atomic E-state index is 11.8. The van der Waals surface area contributed by atoms with E-state index in [9.17, 15) is 4.79 Å². The van der Waals surface area contributed by atoms with Crippen molar-refractivity contribution in [3.05, 3.63) is 58.1 Å². The Bertz CT molecular complexity index is 780. The van der Waals surface area contributed by atoms with Crippen LogP contribution in [-0.2, 0) is 4.79 Å². The second-order valence-corrected chi connectivity index (χ2v) is 6.93. The van der Waals surface area contributed by atoms with Crippen LogP contribution < -0.4 is 14.9 Å². The van der Waals surface area contributed by atoms with Crippen LogP contribution >= 0.6 is 23.2 Å². The van der Waals surface area contributed by atoms with Crippen molar-refractivity contribution < 1.29 is 14.3 Å². The molecule has 0 unspecified atom stereocenters. The number of nitrogens with zero attached hydrogens (tertiary/aromatic N) is 1. The first kappa shape index (κ1) is 22.1. The SMILES string of the molecule is CCCCOc1ccc(C=NNC(=O)CCCOc2ccc(Cl)cc2Cl)cc1. The smallest absolute Gasteiger partial charge is 0.240 e. The molecule has 2 aromatic carbocycles. The normalized spacial score (nSPS) is 10.8. The summed E-state index contributed by atoms with van der Waals surface area (Å²) in [6.45, 7) is 3.21. The molecule has 2 aromatic rings. The van der Waals surface area contributed by atoms with E-state index in [1.807, 2.05) is 24.3 Å². The summed E-state index contributed by atoms with van der Waals surface area (Å²) in [6.07, 6.45) is 4.58. The van der Waals surface area contributed by atoms with E-state index in [0.29, 0.717) is 41.9 Å². The Labute approximate surface area is 175 Å². The number of halogens is 2. The maximum absolute atomic E-state index is 11.8. The number of hydrogen-bond acceptors (Lipinski definition) is 4. The number of hydrazone groups is 1. The lowest BCUT2D eigenvalue weighted by atomic mass is 10.2. The number of carbonyl (C=O) groups excluding carboxylic acids is 1. The molecule has 0 radical (unpaired) electrons. The minimum absolute atomic E-state index is 0.179. The van der Waals surface area contributed by atoms with Gasteiger partial charge in [-0.3, -0.25) is 4.79 Å². The van der Waals surface area contributed by atoms with Gasteiger partial charge in [0.1, 0.15) is 11.5 Å². The molecule has 5 nitrogen and oxygen atoms in total. The van der Waals surface area contributed by atoms with E-state index < -0.39 is 0 Å². The molecule has 0 bridgehead atoms. The number of amides is 1. The van der Waals surface area contributed by atoms with E-state index in [1.165, 1.54) is 0 Å². The summed E-state index contributed by atoms with van der Waals surface area (Å²) in [7, 11) is 0. The van der Waals surface area contributed by atoms with Crippen LogP contribution in [0.3, 0.4) is 0 Å². The van der Waals surface area contributed by atoms with Gasteiger partial charge in [-0.05, 0) is 60.9 Å². The van der Waals surface area contributed by atoms with Crippen LogP contribution in [0.25, 0.3) is 0 Å². The number of rotatable bonds is 11. The number of ether oxygens (including phenoxy) is 2. The third-order valence-electron chi connectivity index (χ3n) is 3.75. The van der Waals surface area contributed by atoms with Gasteiger partial charge in [0.25, 0.3) is 0 Å². The first-order valence-corrected chi connectivity index (χ1v) is 9.96. The monoisotopic (exact) mass is 422 g/mol. The quantitative estimate of drug-likeness (QED) is 0.296. The van der Waals surface area contributed by atoms with Crippen LogP contribution in [-0.4, -0.2) is 25.3 Å². The maximum Gasteiger partial charge on any atom is 0.240 e. The molecule has 28 heavy (non-hydrogen) atoms. The van der Waals surface area contributed by atoms with Crippen LogP contribution in [0.5, 0.6) is 11.5 Å². The highest BCUT2D eigenvalue weighted by molar-refractivity contribution is 6.35. The number of carbonyl (C=O) groups is 1. The minimum Gasteiger partial charge on any atom is -0.494 e. The first-order chi connectivity index (χ1) is 13.6. The lowest BCUT2D eigenvalue weighted by Crippen LogP contribution is -2.18. The van der Waals surface area contributed by atoms with E-state index in [1.54, 1.807) is 24.4 Å².